The van der Waals surface area contributed by atoms with E-state index in [0.29, 0.717) is 28.9 Å². The van der Waals surface area contributed by atoms with E-state index < -0.39 is 0 Å². The van der Waals surface area contributed by atoms with Crippen LogP contribution >= 0.6 is 11.6 Å². The Bertz CT molecular complexity index is 1560. The Kier molecular flexibility index (Phi) is 6.92. The van der Waals surface area contributed by atoms with E-state index >= 15 is 0 Å². The largest absolute Gasteiger partial charge is 0.493 e. The minimum absolute atomic E-state index is 0.465. The second-order valence-electron chi connectivity index (χ2n) is 8.08. The Hall–Kier alpha value is -4.22. The van der Waals surface area contributed by atoms with Gasteiger partial charge in [0, 0.05) is 22.0 Å². The fourth-order valence-electron chi connectivity index (χ4n) is 3.84. The Morgan fingerprint density at radius 3 is 2.28 bits per heavy atom. The van der Waals surface area contributed by atoms with E-state index in [-0.39, 0.29) is 0 Å². The van der Waals surface area contributed by atoms with Gasteiger partial charge in [-0.25, -0.2) is 4.99 Å². The molecule has 36 heavy (non-hydrogen) atoms. The zero-order valence-electron chi connectivity index (χ0n) is 19.9. The second kappa shape index (κ2) is 10.6. The van der Waals surface area contributed by atoms with Gasteiger partial charge in [0.2, 0.25) is 0 Å². The van der Waals surface area contributed by atoms with E-state index in [1.807, 2.05) is 97.1 Å². The number of methoxy groups -OCH3 is 2. The van der Waals surface area contributed by atoms with Crippen molar-refractivity contribution in [1.29, 1.82) is 0 Å². The van der Waals surface area contributed by atoms with Crippen LogP contribution in [-0.2, 0) is 6.61 Å². The van der Waals surface area contributed by atoms with Crippen LogP contribution in [0.25, 0.3) is 22.3 Å². The number of rotatable bonds is 7. The molecular formula is C30H24ClNO4. The molecule has 0 saturated heterocycles. The lowest BCUT2D eigenvalue weighted by molar-refractivity contribution is 0.306. The van der Waals surface area contributed by atoms with Crippen molar-refractivity contribution in [3.05, 3.63) is 113 Å². The van der Waals surface area contributed by atoms with E-state index in [9.17, 15) is 0 Å². The standard InChI is InChI=1S/C30H24ClNO4/c1-33-28-16-9-21(17-30(28)34-2)29-18-26(25-5-3-4-6-27(25)36-29)32-23-12-14-24(15-13-23)35-19-20-7-10-22(31)11-8-20/h3-18H,19H2,1-2H3. The maximum atomic E-state index is 6.22. The van der Waals surface area contributed by atoms with E-state index in [0.717, 1.165) is 38.9 Å². The number of fused-ring (bicyclic) bond motifs is 1. The first kappa shape index (κ1) is 23.5. The molecule has 0 radical (unpaired) electrons. The summed E-state index contributed by atoms with van der Waals surface area (Å²) in [5.41, 5.74) is 3.46. The monoisotopic (exact) mass is 497 g/mol. The fraction of sp³-hybridized carbons (Fsp3) is 0.100. The van der Waals surface area contributed by atoms with Crippen LogP contribution < -0.4 is 19.6 Å². The molecule has 6 heteroatoms. The summed E-state index contributed by atoms with van der Waals surface area (Å²) in [5.74, 6) is 2.73. The Morgan fingerprint density at radius 1 is 0.778 bits per heavy atom. The van der Waals surface area contributed by atoms with Crippen LogP contribution in [0.3, 0.4) is 0 Å². The number of ether oxygens (including phenoxy) is 3. The lowest BCUT2D eigenvalue weighted by Gasteiger charge is -2.10. The molecular weight excluding hydrogens is 474 g/mol. The highest BCUT2D eigenvalue weighted by molar-refractivity contribution is 6.30. The summed E-state index contributed by atoms with van der Waals surface area (Å²) in [6.07, 6.45) is 0. The number of halogens is 1. The third kappa shape index (κ3) is 5.21. The van der Waals surface area contributed by atoms with Crippen LogP contribution in [0.2, 0.25) is 5.02 Å². The smallest absolute Gasteiger partial charge is 0.161 e. The quantitative estimate of drug-likeness (QED) is 0.232. The van der Waals surface area contributed by atoms with Gasteiger partial charge in [0.05, 0.1) is 25.3 Å². The van der Waals surface area contributed by atoms with Crippen molar-refractivity contribution in [1.82, 2.24) is 0 Å². The molecule has 0 spiro atoms. The topological polar surface area (TPSA) is 53.2 Å². The first-order chi connectivity index (χ1) is 17.6. The van der Waals surface area contributed by atoms with Crippen LogP contribution in [-0.4, -0.2) is 14.2 Å². The van der Waals surface area contributed by atoms with Crippen LogP contribution in [0.1, 0.15) is 5.56 Å². The van der Waals surface area contributed by atoms with Crippen LogP contribution in [0, 0.1) is 0 Å². The van der Waals surface area contributed by atoms with Gasteiger partial charge >= 0.3 is 0 Å². The molecule has 4 aromatic carbocycles. The summed E-state index contributed by atoms with van der Waals surface area (Å²) in [4.78, 5) is 4.91. The number of benzene rings is 4. The summed E-state index contributed by atoms with van der Waals surface area (Å²) in [7, 11) is 3.23. The molecule has 0 aliphatic carbocycles. The van der Waals surface area contributed by atoms with Gasteiger partial charge in [0.25, 0.3) is 0 Å². The van der Waals surface area contributed by atoms with E-state index in [4.69, 9.17) is 35.2 Å². The number of hydrogen-bond acceptors (Lipinski definition) is 5. The predicted molar refractivity (Wildman–Crippen MR) is 142 cm³/mol. The van der Waals surface area contributed by atoms with Gasteiger partial charge in [-0.15, -0.1) is 0 Å². The highest BCUT2D eigenvalue weighted by Gasteiger charge is 2.10. The summed E-state index contributed by atoms with van der Waals surface area (Å²) < 4.78 is 23.0. The molecule has 0 saturated carbocycles. The predicted octanol–water partition coefficient (Wildman–Crippen LogP) is 7.58. The average Bonchev–Trinajstić information content (AvgIpc) is 2.93. The van der Waals surface area contributed by atoms with Gasteiger partial charge in [-0.2, -0.15) is 0 Å². The first-order valence-electron chi connectivity index (χ1n) is 11.4. The minimum atomic E-state index is 0.465. The van der Waals surface area contributed by atoms with Gasteiger partial charge in [-0.1, -0.05) is 35.9 Å². The zero-order chi connectivity index (χ0) is 24.9. The molecule has 5 nitrogen and oxygen atoms in total. The third-order valence-electron chi connectivity index (χ3n) is 5.72. The Morgan fingerprint density at radius 2 is 1.53 bits per heavy atom. The minimum Gasteiger partial charge on any atom is -0.493 e. The molecule has 0 unspecified atom stereocenters. The molecule has 180 valence electrons. The van der Waals surface area contributed by atoms with Crippen molar-refractivity contribution >= 4 is 28.3 Å². The van der Waals surface area contributed by atoms with Gasteiger partial charge in [-0.3, -0.25) is 0 Å². The van der Waals surface area contributed by atoms with Gasteiger partial charge < -0.3 is 18.6 Å². The third-order valence-corrected chi connectivity index (χ3v) is 5.98. The Balaban J connectivity index is 1.47. The van der Waals surface area contributed by atoms with Crippen molar-refractivity contribution < 1.29 is 18.6 Å². The molecule has 5 rings (SSSR count). The Labute approximate surface area is 214 Å². The normalized spacial score (nSPS) is 11.5. The molecule has 0 aliphatic heterocycles. The number of nitrogens with zero attached hydrogens (tertiary/aromatic N) is 1. The van der Waals surface area contributed by atoms with Gasteiger partial charge in [0.1, 0.15) is 23.7 Å². The van der Waals surface area contributed by atoms with Crippen LogP contribution in [0.4, 0.5) is 5.69 Å². The molecule has 1 heterocycles. The van der Waals surface area contributed by atoms with Gasteiger partial charge in [0.15, 0.2) is 11.5 Å². The molecule has 0 aliphatic rings. The summed E-state index contributed by atoms with van der Waals surface area (Å²) in [6, 6.07) is 30.8. The molecule has 0 atom stereocenters. The molecule has 0 fully saturated rings. The average molecular weight is 498 g/mol. The number of para-hydroxylation sites is 1. The molecule has 1 aromatic heterocycles. The highest BCUT2D eigenvalue weighted by atomic mass is 35.5. The van der Waals surface area contributed by atoms with Crippen molar-refractivity contribution in [2.24, 2.45) is 4.99 Å². The molecule has 0 N–H and O–H groups in total. The van der Waals surface area contributed by atoms with Crippen molar-refractivity contribution in [3.8, 4) is 28.6 Å². The SMILES string of the molecule is COc1ccc(-c2cc(=Nc3ccc(OCc4ccc(Cl)cc4)cc3)c3ccccc3o2)cc1OC. The van der Waals surface area contributed by atoms with Crippen LogP contribution in [0.15, 0.2) is 106 Å². The zero-order valence-corrected chi connectivity index (χ0v) is 20.7. The highest BCUT2D eigenvalue weighted by Crippen LogP contribution is 2.33. The number of hydrogen-bond donors (Lipinski definition) is 0. The lowest BCUT2D eigenvalue weighted by atomic mass is 10.1. The van der Waals surface area contributed by atoms with Gasteiger partial charge in [-0.05, 0) is 72.3 Å². The summed E-state index contributed by atoms with van der Waals surface area (Å²) in [5, 5.41) is 2.43. The molecule has 0 amide bonds. The van der Waals surface area contributed by atoms with Crippen molar-refractivity contribution in [2.45, 2.75) is 6.61 Å². The molecule has 5 aromatic rings. The first-order valence-corrected chi connectivity index (χ1v) is 11.8. The summed E-state index contributed by atoms with van der Waals surface area (Å²) >= 11 is 5.95. The fourth-order valence-corrected chi connectivity index (χ4v) is 3.97. The van der Waals surface area contributed by atoms with Crippen molar-refractivity contribution in [3.63, 3.8) is 0 Å². The lowest BCUT2D eigenvalue weighted by Crippen LogP contribution is -2.03. The molecule has 0 bridgehead atoms. The maximum absolute atomic E-state index is 6.22. The summed E-state index contributed by atoms with van der Waals surface area (Å²) in [6.45, 7) is 0.465. The maximum Gasteiger partial charge on any atom is 0.161 e. The van der Waals surface area contributed by atoms with E-state index in [1.165, 1.54) is 0 Å². The van der Waals surface area contributed by atoms with E-state index in [2.05, 4.69) is 0 Å². The van der Waals surface area contributed by atoms with Crippen LogP contribution in [0.5, 0.6) is 17.2 Å². The van der Waals surface area contributed by atoms with Crippen molar-refractivity contribution in [2.75, 3.05) is 14.2 Å². The van der Waals surface area contributed by atoms with E-state index in [1.54, 1.807) is 14.2 Å². The second-order valence-corrected chi connectivity index (χ2v) is 8.52.